The molecule has 13 heteroatoms. The number of fused-ring (bicyclic) bond motifs is 1. The molecule has 41 heavy (non-hydrogen) atoms. The Kier molecular flexibility index (Phi) is 8.06. The molecule has 0 aliphatic carbocycles. The molecule has 1 fully saturated rings. The quantitative estimate of drug-likeness (QED) is 0.184. The summed E-state index contributed by atoms with van der Waals surface area (Å²) in [7, 11) is 0. The van der Waals surface area contributed by atoms with Crippen molar-refractivity contribution in [2.24, 2.45) is 0 Å². The van der Waals surface area contributed by atoms with Gasteiger partial charge in [0.1, 0.15) is 12.4 Å². The molecule has 0 bridgehead atoms. The van der Waals surface area contributed by atoms with Crippen LogP contribution in [-0.4, -0.2) is 58.4 Å². The number of nitrogens with one attached hydrogen (secondary N) is 2. The lowest BCUT2D eigenvalue weighted by Gasteiger charge is -2.28. The highest BCUT2D eigenvalue weighted by Gasteiger charge is 2.60. The average molecular weight is 575 g/mol. The van der Waals surface area contributed by atoms with Gasteiger partial charge in [-0.2, -0.15) is 27.1 Å². The number of piperidine rings is 1. The van der Waals surface area contributed by atoms with Crippen molar-refractivity contribution in [3.63, 3.8) is 0 Å². The Labute approximate surface area is 232 Å². The third-order valence-corrected chi connectivity index (χ3v) is 6.83. The second kappa shape index (κ2) is 11.7. The maximum Gasteiger partial charge on any atom is 0.458 e. The molecule has 0 saturated carbocycles. The van der Waals surface area contributed by atoms with Crippen molar-refractivity contribution in [1.82, 2.24) is 20.1 Å². The van der Waals surface area contributed by atoms with Crippen LogP contribution in [0.15, 0.2) is 67.1 Å². The smallest absolute Gasteiger partial charge is 0.458 e. The molecule has 5 rings (SSSR count). The van der Waals surface area contributed by atoms with Gasteiger partial charge in [0.25, 0.3) is 5.91 Å². The molecule has 2 aromatic carbocycles. The average Bonchev–Trinajstić information content (AvgIpc) is 3.44. The number of aromatic nitrogens is 3. The first-order valence-corrected chi connectivity index (χ1v) is 13.0. The molecule has 1 saturated heterocycles. The van der Waals surface area contributed by atoms with Gasteiger partial charge in [-0.25, -0.2) is 5.01 Å². The molecule has 216 valence electrons. The number of rotatable bonds is 9. The molecule has 0 unspecified atom stereocenters. The van der Waals surface area contributed by atoms with Gasteiger partial charge in [0.05, 0.1) is 34.2 Å². The summed E-state index contributed by atoms with van der Waals surface area (Å²) >= 11 is 0. The van der Waals surface area contributed by atoms with Crippen molar-refractivity contribution < 1.29 is 31.5 Å². The molecule has 0 radical (unpaired) electrons. The number of H-pyrrole nitrogens is 1. The van der Waals surface area contributed by atoms with Crippen LogP contribution in [0.25, 0.3) is 10.9 Å². The number of halogens is 5. The number of ether oxygens (including phenoxy) is 1. The van der Waals surface area contributed by atoms with Crippen LogP contribution in [-0.2, 0) is 5.92 Å². The minimum absolute atomic E-state index is 0.0155. The number of carbonyl (C=O) groups is 1. The summed E-state index contributed by atoms with van der Waals surface area (Å²) in [5.41, 5.74) is 2.82. The highest BCUT2D eigenvalue weighted by atomic mass is 19.4. The highest BCUT2D eigenvalue weighted by molar-refractivity contribution is 6.07. The SMILES string of the molecule is O=C(c1cccnc1)N(Nc1ccc2cn[nH]c2c1)c1ccc(C(F)(F)C(F)(F)F)c(OCCN2CCCCC2)c1. The fourth-order valence-electron chi connectivity index (χ4n) is 4.64. The summed E-state index contributed by atoms with van der Waals surface area (Å²) in [6.45, 7) is 1.85. The molecule has 8 nitrogen and oxygen atoms in total. The van der Waals surface area contributed by atoms with Crippen LogP contribution in [0.3, 0.4) is 0 Å². The minimum atomic E-state index is -5.84. The van der Waals surface area contributed by atoms with Gasteiger partial charge in [0.15, 0.2) is 0 Å². The molecule has 0 atom stereocenters. The van der Waals surface area contributed by atoms with E-state index in [1.165, 1.54) is 18.5 Å². The Hall–Kier alpha value is -4.26. The fourth-order valence-corrected chi connectivity index (χ4v) is 4.64. The number of nitrogens with zero attached hydrogens (tertiary/aromatic N) is 4. The Morgan fingerprint density at radius 2 is 1.83 bits per heavy atom. The molecule has 1 aliphatic rings. The van der Waals surface area contributed by atoms with Crippen molar-refractivity contribution in [2.45, 2.75) is 31.4 Å². The van der Waals surface area contributed by atoms with Crippen molar-refractivity contribution in [3.05, 3.63) is 78.2 Å². The van der Waals surface area contributed by atoms with Crippen LogP contribution in [0.2, 0.25) is 0 Å². The lowest BCUT2D eigenvalue weighted by molar-refractivity contribution is -0.289. The van der Waals surface area contributed by atoms with Crippen molar-refractivity contribution in [3.8, 4) is 5.75 Å². The van der Waals surface area contributed by atoms with Crippen LogP contribution in [0.1, 0.15) is 35.2 Å². The number of hydrazine groups is 1. The zero-order valence-electron chi connectivity index (χ0n) is 21.8. The largest absolute Gasteiger partial charge is 0.492 e. The first-order valence-electron chi connectivity index (χ1n) is 13.0. The summed E-state index contributed by atoms with van der Waals surface area (Å²) < 4.78 is 75.0. The van der Waals surface area contributed by atoms with Crippen LogP contribution >= 0.6 is 0 Å². The number of aromatic amines is 1. The van der Waals surface area contributed by atoms with Gasteiger partial charge in [0.2, 0.25) is 0 Å². The molecule has 2 aromatic heterocycles. The van der Waals surface area contributed by atoms with E-state index < -0.39 is 29.3 Å². The minimum Gasteiger partial charge on any atom is -0.492 e. The Bertz CT molecular complexity index is 1490. The number of pyridine rings is 1. The Morgan fingerprint density at radius 1 is 1.02 bits per heavy atom. The van der Waals surface area contributed by atoms with Gasteiger partial charge < -0.3 is 4.74 Å². The second-order valence-corrected chi connectivity index (χ2v) is 9.67. The van der Waals surface area contributed by atoms with Gasteiger partial charge in [0, 0.05) is 30.4 Å². The van der Waals surface area contributed by atoms with Gasteiger partial charge in [-0.05, 0) is 68.4 Å². The third-order valence-electron chi connectivity index (χ3n) is 6.83. The lowest BCUT2D eigenvalue weighted by Crippen LogP contribution is -2.37. The second-order valence-electron chi connectivity index (χ2n) is 9.67. The predicted octanol–water partition coefficient (Wildman–Crippen LogP) is 6.15. The van der Waals surface area contributed by atoms with Gasteiger partial charge >= 0.3 is 12.1 Å². The number of anilines is 2. The summed E-state index contributed by atoms with van der Waals surface area (Å²) in [5, 5.41) is 8.63. The van der Waals surface area contributed by atoms with Crippen molar-refractivity contribution in [2.75, 3.05) is 36.7 Å². The number of hydrogen-bond acceptors (Lipinski definition) is 6. The van der Waals surface area contributed by atoms with Crippen molar-refractivity contribution in [1.29, 1.82) is 0 Å². The Morgan fingerprint density at radius 3 is 2.56 bits per heavy atom. The van der Waals surface area contributed by atoms with E-state index in [0.29, 0.717) is 23.8 Å². The van der Waals surface area contributed by atoms with E-state index in [1.54, 1.807) is 30.5 Å². The van der Waals surface area contributed by atoms with Gasteiger partial charge in [-0.1, -0.05) is 6.42 Å². The van der Waals surface area contributed by atoms with E-state index in [2.05, 4.69) is 25.5 Å². The van der Waals surface area contributed by atoms with Crippen LogP contribution in [0.4, 0.5) is 33.3 Å². The number of hydrogen-bond donors (Lipinski definition) is 2. The lowest BCUT2D eigenvalue weighted by atomic mass is 10.1. The van der Waals surface area contributed by atoms with E-state index in [9.17, 15) is 26.7 Å². The highest BCUT2D eigenvalue weighted by Crippen LogP contribution is 2.48. The molecule has 1 aliphatic heterocycles. The standard InChI is InChI=1S/C28H27F5N6O2/c29-27(30,28(31,32)33)23-9-8-22(16-25(23)41-14-13-38-11-2-1-3-12-38)39(26(40)20-5-4-10-34-17-20)37-21-7-6-19-18-35-36-24(19)15-21/h4-10,15-18,37H,1-3,11-14H2,(H,35,36). The summed E-state index contributed by atoms with van der Waals surface area (Å²) in [6.07, 6.45) is 1.61. The first-order chi connectivity index (χ1) is 19.6. The molecule has 0 spiro atoms. The summed E-state index contributed by atoms with van der Waals surface area (Å²) in [5.74, 6) is -6.47. The van der Waals surface area contributed by atoms with Gasteiger partial charge in [-0.3, -0.25) is 25.2 Å². The summed E-state index contributed by atoms with van der Waals surface area (Å²) in [4.78, 5) is 19.6. The van der Waals surface area contributed by atoms with Crippen LogP contribution in [0.5, 0.6) is 5.75 Å². The van der Waals surface area contributed by atoms with E-state index >= 15 is 0 Å². The molecular weight excluding hydrogens is 547 g/mol. The number of carbonyl (C=O) groups excluding carboxylic acids is 1. The normalized spacial score (nSPS) is 14.7. The zero-order valence-corrected chi connectivity index (χ0v) is 21.8. The topological polar surface area (TPSA) is 86.4 Å². The molecule has 1 amide bonds. The summed E-state index contributed by atoms with van der Waals surface area (Å²) in [6, 6.07) is 10.8. The predicted molar refractivity (Wildman–Crippen MR) is 143 cm³/mol. The van der Waals surface area contributed by atoms with Gasteiger partial charge in [-0.15, -0.1) is 0 Å². The van der Waals surface area contributed by atoms with Crippen LogP contribution < -0.4 is 15.2 Å². The molecular formula is C28H27F5N6O2. The maximum atomic E-state index is 14.6. The first kappa shape index (κ1) is 28.3. The van der Waals surface area contributed by atoms with E-state index in [4.69, 9.17) is 4.74 Å². The third kappa shape index (κ3) is 6.24. The Balaban J connectivity index is 1.51. The van der Waals surface area contributed by atoms with Crippen LogP contribution in [0, 0.1) is 0 Å². The molecule has 3 heterocycles. The number of alkyl halides is 5. The zero-order chi connectivity index (χ0) is 29.0. The number of amides is 1. The molecule has 2 N–H and O–H groups in total. The maximum absolute atomic E-state index is 14.6. The number of likely N-dealkylation sites (tertiary alicyclic amines) is 1. The fraction of sp³-hybridized carbons (Fsp3) is 0.321. The molecule has 4 aromatic rings. The number of benzene rings is 2. The van der Waals surface area contributed by atoms with E-state index in [0.717, 1.165) is 54.9 Å². The monoisotopic (exact) mass is 574 g/mol. The van der Waals surface area contributed by atoms with E-state index in [-0.39, 0.29) is 17.9 Å². The van der Waals surface area contributed by atoms with Crippen molar-refractivity contribution >= 4 is 28.2 Å². The van der Waals surface area contributed by atoms with E-state index in [1.807, 2.05) is 0 Å².